The molecule has 2 rings (SSSR count). The number of aliphatic hydroxyl groups is 1. The third-order valence-corrected chi connectivity index (χ3v) is 4.08. The van der Waals surface area contributed by atoms with Crippen LogP contribution >= 0.6 is 11.8 Å². The minimum atomic E-state index is -0.195. The first-order valence-corrected chi connectivity index (χ1v) is 7.79. The fraction of sp³-hybridized carbons (Fsp3) is 0.500. The number of hydrogen-bond acceptors (Lipinski definition) is 3. The Labute approximate surface area is 118 Å². The van der Waals surface area contributed by atoms with Gasteiger partial charge in [-0.3, -0.25) is 0 Å². The summed E-state index contributed by atoms with van der Waals surface area (Å²) in [6.07, 6.45) is 5.05. The number of anilines is 1. The van der Waals surface area contributed by atoms with Crippen LogP contribution in [0.15, 0.2) is 29.2 Å². The summed E-state index contributed by atoms with van der Waals surface area (Å²) in [6, 6.07) is 7.78. The summed E-state index contributed by atoms with van der Waals surface area (Å²) in [6.45, 7) is 0. The van der Waals surface area contributed by atoms with Crippen LogP contribution in [0.4, 0.5) is 10.5 Å². The highest BCUT2D eigenvalue weighted by Gasteiger charge is 2.20. The van der Waals surface area contributed by atoms with Crippen molar-refractivity contribution in [1.29, 1.82) is 0 Å². The molecule has 1 aromatic rings. The topological polar surface area (TPSA) is 61.4 Å². The molecule has 0 unspecified atom stereocenters. The molecule has 0 atom stereocenters. The van der Waals surface area contributed by atoms with Crippen molar-refractivity contribution in [1.82, 2.24) is 5.32 Å². The van der Waals surface area contributed by atoms with Gasteiger partial charge in [-0.1, -0.05) is 6.07 Å². The van der Waals surface area contributed by atoms with Crippen molar-refractivity contribution in [2.24, 2.45) is 0 Å². The van der Waals surface area contributed by atoms with Gasteiger partial charge in [0, 0.05) is 16.6 Å². The summed E-state index contributed by atoms with van der Waals surface area (Å²) in [5, 5.41) is 15.2. The molecule has 0 radical (unpaired) electrons. The first kappa shape index (κ1) is 14.2. The number of benzene rings is 1. The summed E-state index contributed by atoms with van der Waals surface area (Å²) >= 11 is 1.65. The number of rotatable bonds is 3. The van der Waals surface area contributed by atoms with Gasteiger partial charge in [-0.15, -0.1) is 11.8 Å². The van der Waals surface area contributed by atoms with E-state index in [1.54, 1.807) is 11.8 Å². The van der Waals surface area contributed by atoms with Gasteiger partial charge in [-0.05, 0) is 50.1 Å². The Balaban J connectivity index is 1.83. The summed E-state index contributed by atoms with van der Waals surface area (Å²) in [4.78, 5) is 13.0. The van der Waals surface area contributed by atoms with E-state index in [-0.39, 0.29) is 18.2 Å². The average Bonchev–Trinajstić information content (AvgIpc) is 2.41. The van der Waals surface area contributed by atoms with Gasteiger partial charge in [0.05, 0.1) is 6.10 Å². The Kier molecular flexibility index (Phi) is 5.10. The monoisotopic (exact) mass is 280 g/mol. The lowest BCUT2D eigenvalue weighted by atomic mass is 9.93. The number of aliphatic hydroxyl groups excluding tert-OH is 1. The normalized spacial score (nSPS) is 22.8. The van der Waals surface area contributed by atoms with Crippen LogP contribution in [0, 0.1) is 0 Å². The van der Waals surface area contributed by atoms with Crippen LogP contribution in [0.25, 0.3) is 0 Å². The van der Waals surface area contributed by atoms with E-state index in [0.29, 0.717) is 0 Å². The van der Waals surface area contributed by atoms with E-state index in [0.717, 1.165) is 36.3 Å². The number of carbonyl (C=O) groups excluding carboxylic acids is 1. The molecule has 0 spiro atoms. The second-order valence-electron chi connectivity index (χ2n) is 4.84. The number of carbonyl (C=O) groups is 1. The van der Waals surface area contributed by atoms with Crippen molar-refractivity contribution >= 4 is 23.5 Å². The molecule has 104 valence electrons. The minimum Gasteiger partial charge on any atom is -0.393 e. The Bertz CT molecular complexity index is 431. The molecule has 0 aliphatic heterocycles. The van der Waals surface area contributed by atoms with E-state index in [1.807, 2.05) is 30.5 Å². The minimum absolute atomic E-state index is 0.167. The van der Waals surface area contributed by atoms with Crippen LogP contribution in [-0.2, 0) is 0 Å². The van der Waals surface area contributed by atoms with Crippen molar-refractivity contribution in [3.8, 4) is 0 Å². The largest absolute Gasteiger partial charge is 0.393 e. The lowest BCUT2D eigenvalue weighted by Crippen LogP contribution is -2.40. The number of thioether (sulfide) groups is 1. The number of amides is 2. The molecule has 0 aromatic heterocycles. The summed E-state index contributed by atoms with van der Waals surface area (Å²) in [7, 11) is 0. The Morgan fingerprint density at radius 3 is 2.74 bits per heavy atom. The molecule has 2 amide bonds. The number of hydrogen-bond donors (Lipinski definition) is 3. The van der Waals surface area contributed by atoms with Crippen LogP contribution in [0.2, 0.25) is 0 Å². The van der Waals surface area contributed by atoms with E-state index in [4.69, 9.17) is 0 Å². The molecule has 3 N–H and O–H groups in total. The van der Waals surface area contributed by atoms with Crippen molar-refractivity contribution < 1.29 is 9.90 Å². The Morgan fingerprint density at radius 1 is 1.32 bits per heavy atom. The highest BCUT2D eigenvalue weighted by Crippen LogP contribution is 2.20. The standard InChI is InChI=1S/C14H20N2O2S/c1-19-13-4-2-3-11(9-13)16-14(18)15-10-5-7-12(17)8-6-10/h2-4,9-10,12,17H,5-8H2,1H3,(H2,15,16,18). The number of urea groups is 1. The van der Waals surface area contributed by atoms with Gasteiger partial charge in [0.1, 0.15) is 0 Å². The zero-order valence-electron chi connectivity index (χ0n) is 11.1. The third kappa shape index (κ3) is 4.44. The van der Waals surface area contributed by atoms with Gasteiger partial charge in [-0.25, -0.2) is 4.79 Å². The smallest absolute Gasteiger partial charge is 0.319 e. The zero-order chi connectivity index (χ0) is 13.7. The molecule has 4 nitrogen and oxygen atoms in total. The fourth-order valence-corrected chi connectivity index (χ4v) is 2.73. The lowest BCUT2D eigenvalue weighted by molar-refractivity contribution is 0.118. The van der Waals surface area contributed by atoms with Gasteiger partial charge in [0.25, 0.3) is 0 Å². The third-order valence-electron chi connectivity index (χ3n) is 3.36. The highest BCUT2D eigenvalue weighted by atomic mass is 32.2. The molecule has 1 fully saturated rings. The molecule has 1 aromatic carbocycles. The van der Waals surface area contributed by atoms with E-state index in [1.165, 1.54) is 0 Å². The Morgan fingerprint density at radius 2 is 2.05 bits per heavy atom. The van der Waals surface area contributed by atoms with Crippen LogP contribution in [-0.4, -0.2) is 29.5 Å². The summed E-state index contributed by atoms with van der Waals surface area (Å²) in [5.41, 5.74) is 0.806. The number of nitrogens with one attached hydrogen (secondary N) is 2. The Hall–Kier alpha value is -1.20. The molecular formula is C14H20N2O2S. The van der Waals surface area contributed by atoms with Crippen molar-refractivity contribution in [2.45, 2.75) is 42.7 Å². The lowest BCUT2D eigenvalue weighted by Gasteiger charge is -2.26. The molecule has 1 aliphatic carbocycles. The predicted molar refractivity (Wildman–Crippen MR) is 78.6 cm³/mol. The van der Waals surface area contributed by atoms with Crippen LogP contribution in [0.5, 0.6) is 0 Å². The van der Waals surface area contributed by atoms with Gasteiger partial charge < -0.3 is 15.7 Å². The van der Waals surface area contributed by atoms with E-state index >= 15 is 0 Å². The fourth-order valence-electron chi connectivity index (χ4n) is 2.27. The van der Waals surface area contributed by atoms with Crippen molar-refractivity contribution in [2.75, 3.05) is 11.6 Å². The van der Waals surface area contributed by atoms with Crippen LogP contribution in [0.3, 0.4) is 0 Å². The SMILES string of the molecule is CSc1cccc(NC(=O)NC2CCC(O)CC2)c1. The zero-order valence-corrected chi connectivity index (χ0v) is 11.9. The quantitative estimate of drug-likeness (QED) is 0.746. The van der Waals surface area contributed by atoms with E-state index < -0.39 is 0 Å². The molecule has 0 heterocycles. The van der Waals surface area contributed by atoms with Gasteiger partial charge in [0.2, 0.25) is 0 Å². The van der Waals surface area contributed by atoms with Crippen molar-refractivity contribution in [3.63, 3.8) is 0 Å². The molecule has 0 saturated heterocycles. The average molecular weight is 280 g/mol. The second-order valence-corrected chi connectivity index (χ2v) is 5.72. The molecule has 19 heavy (non-hydrogen) atoms. The molecular weight excluding hydrogens is 260 g/mol. The summed E-state index contributed by atoms with van der Waals surface area (Å²) in [5.74, 6) is 0. The van der Waals surface area contributed by atoms with Crippen LogP contribution < -0.4 is 10.6 Å². The first-order valence-electron chi connectivity index (χ1n) is 6.57. The molecule has 1 aliphatic rings. The van der Waals surface area contributed by atoms with Gasteiger partial charge in [0.15, 0.2) is 0 Å². The molecule has 5 heteroatoms. The van der Waals surface area contributed by atoms with E-state index in [9.17, 15) is 9.90 Å². The van der Waals surface area contributed by atoms with Gasteiger partial charge in [-0.2, -0.15) is 0 Å². The highest BCUT2D eigenvalue weighted by molar-refractivity contribution is 7.98. The molecule has 0 bridgehead atoms. The van der Waals surface area contributed by atoms with E-state index in [2.05, 4.69) is 10.6 Å². The maximum Gasteiger partial charge on any atom is 0.319 e. The summed E-state index contributed by atoms with van der Waals surface area (Å²) < 4.78 is 0. The second kappa shape index (κ2) is 6.82. The first-order chi connectivity index (χ1) is 9.17. The van der Waals surface area contributed by atoms with Gasteiger partial charge >= 0.3 is 6.03 Å². The maximum atomic E-state index is 11.9. The van der Waals surface area contributed by atoms with Crippen LogP contribution in [0.1, 0.15) is 25.7 Å². The predicted octanol–water partition coefficient (Wildman–Crippen LogP) is 2.83. The maximum absolute atomic E-state index is 11.9. The van der Waals surface area contributed by atoms with Crippen molar-refractivity contribution in [3.05, 3.63) is 24.3 Å². The molecule has 1 saturated carbocycles.